The van der Waals surface area contributed by atoms with Crippen molar-refractivity contribution in [1.82, 2.24) is 0 Å². The van der Waals surface area contributed by atoms with Crippen molar-refractivity contribution in [3.8, 4) is 0 Å². The fraction of sp³-hybridized carbons (Fsp3) is 0.732. The van der Waals surface area contributed by atoms with Gasteiger partial charge in [0.15, 0.2) is 6.10 Å². The maximum Gasteiger partial charge on any atom is 0.472 e. The summed E-state index contributed by atoms with van der Waals surface area (Å²) < 4.78 is 60.7. The number of aliphatic hydroxyl groups excluding tert-OH is 2. The highest BCUT2D eigenvalue weighted by Gasteiger charge is 2.29. The van der Waals surface area contributed by atoms with Gasteiger partial charge < -0.3 is 34.2 Å². The molecule has 18 heteroatoms. The molecule has 0 radical (unpaired) electrons. The minimum absolute atomic E-state index is 0.0937. The Morgan fingerprint density at radius 3 is 0.955 bits per heavy atom. The summed E-state index contributed by atoms with van der Waals surface area (Å²) in [4.78, 5) is 58.1. The molecule has 0 aromatic heterocycles. The highest BCUT2D eigenvalue weighted by Crippen LogP contribution is 2.45. The molecule has 5 unspecified atom stereocenters. The third-order valence-corrected chi connectivity index (χ3v) is 16.2. The standard InChI is InChI=1S/C71H124O16P2/c1-4-7-10-13-16-19-22-23-24-25-26-27-28-29-30-31-32-33-34-35-36-37-38-39-40-41-44-46-48-51-54-57-69(74)81-60-66(72)61-83-88(77,78)84-62-67(73)63-85-89(79,80)86-65-68(87-71(76)59-56-53-50-47-43-21-18-15-12-9-6-3)64-82-70(75)58-55-52-49-45-42-20-17-14-11-8-5-2/h7,10,14-19,23-24,26-27,29-30,32-33,66-68,72-73H,4-6,8-9,11-13,20-22,25,28,31,34-65H2,1-3H3,(H,77,78)(H,79,80)/b10-7-,17-14-,18-15-,19-16-,24-23-,27-26-,30-29-,33-32-. The Balaban J connectivity index is 4.33. The lowest BCUT2D eigenvalue weighted by Crippen LogP contribution is -2.30. The average Bonchev–Trinajstić information content (AvgIpc) is 3.66. The Bertz CT molecular complexity index is 2010. The molecule has 0 aromatic rings. The number of hydrogen-bond acceptors (Lipinski definition) is 14. The van der Waals surface area contributed by atoms with Crippen LogP contribution in [-0.2, 0) is 55.8 Å². The number of carbonyl (C=O) groups is 3. The van der Waals surface area contributed by atoms with Crippen LogP contribution in [0.4, 0.5) is 0 Å². The summed E-state index contributed by atoms with van der Waals surface area (Å²) in [6, 6.07) is 0. The topological polar surface area (TPSA) is 231 Å². The highest BCUT2D eigenvalue weighted by molar-refractivity contribution is 7.47. The average molecular weight is 1300 g/mol. The van der Waals surface area contributed by atoms with E-state index in [9.17, 15) is 43.5 Å². The van der Waals surface area contributed by atoms with Crippen molar-refractivity contribution in [2.24, 2.45) is 0 Å². The molecule has 5 atom stereocenters. The molecule has 0 aliphatic heterocycles. The van der Waals surface area contributed by atoms with Gasteiger partial charge in [-0.1, -0.05) is 246 Å². The van der Waals surface area contributed by atoms with Gasteiger partial charge in [0.05, 0.1) is 26.4 Å². The number of esters is 3. The second-order valence-corrected chi connectivity index (χ2v) is 25.8. The molecule has 0 spiro atoms. The van der Waals surface area contributed by atoms with E-state index in [1.165, 1.54) is 77.0 Å². The number of ether oxygens (including phenoxy) is 3. The molecule has 0 aromatic carbocycles. The molecule has 0 amide bonds. The minimum atomic E-state index is -4.92. The second-order valence-electron chi connectivity index (χ2n) is 22.9. The van der Waals surface area contributed by atoms with E-state index in [4.69, 9.17) is 32.3 Å². The van der Waals surface area contributed by atoms with E-state index < -0.39 is 91.5 Å². The predicted molar refractivity (Wildman–Crippen MR) is 362 cm³/mol. The van der Waals surface area contributed by atoms with Gasteiger partial charge >= 0.3 is 33.6 Å². The van der Waals surface area contributed by atoms with Crippen LogP contribution in [0.3, 0.4) is 0 Å². The zero-order valence-corrected chi connectivity index (χ0v) is 57.4. The Labute approximate surface area is 539 Å². The summed E-state index contributed by atoms with van der Waals surface area (Å²) in [6.45, 7) is 2.44. The van der Waals surface area contributed by atoms with Crippen LogP contribution < -0.4 is 0 Å². The quantitative estimate of drug-likeness (QED) is 0.0146. The smallest absolute Gasteiger partial charge is 0.463 e. The first-order valence-electron chi connectivity index (χ1n) is 34.5. The van der Waals surface area contributed by atoms with Crippen LogP contribution in [0.2, 0.25) is 0 Å². The number of unbranched alkanes of at least 4 members (excludes halogenated alkanes) is 26. The lowest BCUT2D eigenvalue weighted by Gasteiger charge is -2.21. The molecule has 4 N–H and O–H groups in total. The summed E-state index contributed by atoms with van der Waals surface area (Å²) in [5.74, 6) is -1.60. The fourth-order valence-corrected chi connectivity index (χ4v) is 10.5. The molecule has 0 fully saturated rings. The van der Waals surface area contributed by atoms with Crippen LogP contribution in [0, 0.1) is 0 Å². The normalized spacial score (nSPS) is 14.8. The van der Waals surface area contributed by atoms with E-state index in [1.807, 2.05) is 0 Å². The van der Waals surface area contributed by atoms with Crippen molar-refractivity contribution in [3.63, 3.8) is 0 Å². The maximum atomic E-state index is 12.8. The molecule has 0 aliphatic carbocycles. The zero-order chi connectivity index (χ0) is 65.3. The number of hydrogen-bond donors (Lipinski definition) is 4. The SMILES string of the molecule is CC/C=C\C/C=C\C/C=C\C/C=C\C/C=C\C/C=C\CCCCCCCCCCCCCCC(=O)OCC(O)COP(=O)(O)OCC(O)COP(=O)(O)OCC(COC(=O)CCCCCCC/C=C\CCCC)OC(=O)CCCCCCC/C=C\CCCC. The molecule has 0 saturated heterocycles. The van der Waals surface area contributed by atoms with Crippen molar-refractivity contribution in [3.05, 3.63) is 97.2 Å². The summed E-state index contributed by atoms with van der Waals surface area (Å²) in [6.07, 6.45) is 70.7. The Kier molecular flexibility index (Phi) is 62.0. The molecule has 0 rings (SSSR count). The van der Waals surface area contributed by atoms with Crippen molar-refractivity contribution in [2.75, 3.05) is 39.6 Å². The van der Waals surface area contributed by atoms with Gasteiger partial charge in [-0.2, -0.15) is 0 Å². The molecule has 0 heterocycles. The van der Waals surface area contributed by atoms with Crippen LogP contribution in [0.25, 0.3) is 0 Å². The van der Waals surface area contributed by atoms with E-state index in [0.29, 0.717) is 19.3 Å². The molecule has 0 aliphatic rings. The molecule has 16 nitrogen and oxygen atoms in total. The summed E-state index contributed by atoms with van der Waals surface area (Å²) in [5, 5.41) is 20.5. The number of aliphatic hydroxyl groups is 2. The molecule has 0 saturated carbocycles. The van der Waals surface area contributed by atoms with Gasteiger partial charge in [-0.05, 0) is 109 Å². The summed E-state index contributed by atoms with van der Waals surface area (Å²) in [7, 11) is -9.76. The first kappa shape index (κ1) is 85.5. The largest absolute Gasteiger partial charge is 0.472 e. The van der Waals surface area contributed by atoms with Crippen LogP contribution in [0.1, 0.15) is 278 Å². The molecular weight excluding hydrogens is 1170 g/mol. The van der Waals surface area contributed by atoms with E-state index in [2.05, 4.69) is 118 Å². The number of allylic oxidation sites excluding steroid dienone is 16. The Hall–Kier alpha value is -3.53. The lowest BCUT2D eigenvalue weighted by atomic mass is 10.0. The second kappa shape index (κ2) is 64.6. The molecule has 514 valence electrons. The van der Waals surface area contributed by atoms with Crippen LogP contribution in [0.5, 0.6) is 0 Å². The van der Waals surface area contributed by atoms with Crippen molar-refractivity contribution >= 4 is 33.6 Å². The van der Waals surface area contributed by atoms with Gasteiger partial charge in [-0.15, -0.1) is 0 Å². The number of carbonyl (C=O) groups excluding carboxylic acids is 3. The zero-order valence-electron chi connectivity index (χ0n) is 55.6. The third-order valence-electron chi connectivity index (χ3n) is 14.3. The molecular formula is C71H124O16P2. The predicted octanol–water partition coefficient (Wildman–Crippen LogP) is 19.1. The maximum absolute atomic E-state index is 12.8. The number of phosphoric ester groups is 2. The van der Waals surface area contributed by atoms with Gasteiger partial charge in [-0.25, -0.2) is 9.13 Å². The summed E-state index contributed by atoms with van der Waals surface area (Å²) in [5.41, 5.74) is 0. The van der Waals surface area contributed by atoms with E-state index in [0.717, 1.165) is 141 Å². The van der Waals surface area contributed by atoms with Gasteiger partial charge in [0.1, 0.15) is 25.4 Å². The van der Waals surface area contributed by atoms with E-state index in [1.54, 1.807) is 0 Å². The molecule has 89 heavy (non-hydrogen) atoms. The van der Waals surface area contributed by atoms with Gasteiger partial charge in [-0.3, -0.25) is 32.5 Å². The van der Waals surface area contributed by atoms with Crippen molar-refractivity contribution in [1.29, 1.82) is 0 Å². The summed E-state index contributed by atoms with van der Waals surface area (Å²) >= 11 is 0. The van der Waals surface area contributed by atoms with Crippen molar-refractivity contribution < 1.29 is 75.8 Å². The minimum Gasteiger partial charge on any atom is -0.463 e. The number of phosphoric acid groups is 2. The highest BCUT2D eigenvalue weighted by atomic mass is 31.2. The Morgan fingerprint density at radius 2 is 0.596 bits per heavy atom. The first-order chi connectivity index (χ1) is 43.2. The van der Waals surface area contributed by atoms with Crippen molar-refractivity contribution in [2.45, 2.75) is 296 Å². The van der Waals surface area contributed by atoms with Crippen LogP contribution in [-0.4, -0.2) is 95.9 Å². The van der Waals surface area contributed by atoms with E-state index >= 15 is 0 Å². The van der Waals surface area contributed by atoms with Crippen LogP contribution in [0.15, 0.2) is 97.2 Å². The monoisotopic (exact) mass is 1290 g/mol. The number of rotatable bonds is 65. The van der Waals surface area contributed by atoms with Gasteiger partial charge in [0.25, 0.3) is 0 Å². The third kappa shape index (κ3) is 65.8. The van der Waals surface area contributed by atoms with Crippen LogP contribution >= 0.6 is 15.6 Å². The Morgan fingerprint density at radius 1 is 0.326 bits per heavy atom. The fourth-order valence-electron chi connectivity index (χ4n) is 8.95. The van der Waals surface area contributed by atoms with Gasteiger partial charge in [0.2, 0.25) is 0 Å². The lowest BCUT2D eigenvalue weighted by molar-refractivity contribution is -0.161. The molecule has 0 bridgehead atoms. The van der Waals surface area contributed by atoms with Gasteiger partial charge in [0, 0.05) is 19.3 Å². The first-order valence-corrected chi connectivity index (χ1v) is 37.5. The van der Waals surface area contributed by atoms with E-state index in [-0.39, 0.29) is 19.3 Å².